The highest BCUT2D eigenvalue weighted by molar-refractivity contribution is 5.85. The first kappa shape index (κ1) is 16.9. The van der Waals surface area contributed by atoms with Crippen LogP contribution in [0.1, 0.15) is 17.2 Å². The average molecular weight is 292 g/mol. The molecule has 0 amide bonds. The third-order valence-electron chi connectivity index (χ3n) is 2.19. The molecule has 0 heterocycles. The average Bonchev–Trinajstić information content (AvgIpc) is 2.25. The molecule has 0 unspecified atom stereocenters. The van der Waals surface area contributed by atoms with Gasteiger partial charge in [-0.3, -0.25) is 0 Å². The SMILES string of the molecule is COc1cc(C(F)(F)F)ccc1[C@H](N)C(F)F.Cl. The molecule has 0 radical (unpaired) electrons. The predicted molar refractivity (Wildman–Crippen MR) is 58.2 cm³/mol. The first-order valence-corrected chi connectivity index (χ1v) is 4.56. The minimum absolute atomic E-state index is 0. The maximum Gasteiger partial charge on any atom is 0.416 e. The molecule has 0 saturated carbocycles. The predicted octanol–water partition coefficient (Wildman–Crippen LogP) is 3.40. The van der Waals surface area contributed by atoms with Gasteiger partial charge in [0.25, 0.3) is 6.43 Å². The van der Waals surface area contributed by atoms with Crippen molar-refractivity contribution < 1.29 is 26.7 Å². The van der Waals surface area contributed by atoms with Gasteiger partial charge in [0.2, 0.25) is 0 Å². The lowest BCUT2D eigenvalue weighted by atomic mass is 10.0. The van der Waals surface area contributed by atoms with Crippen molar-refractivity contribution in [2.24, 2.45) is 5.73 Å². The lowest BCUT2D eigenvalue weighted by molar-refractivity contribution is -0.137. The van der Waals surface area contributed by atoms with Crippen LogP contribution in [0.3, 0.4) is 0 Å². The molecule has 1 atom stereocenters. The Morgan fingerprint density at radius 1 is 1.22 bits per heavy atom. The van der Waals surface area contributed by atoms with E-state index in [9.17, 15) is 22.0 Å². The molecule has 2 N–H and O–H groups in total. The van der Waals surface area contributed by atoms with Gasteiger partial charge in [0.1, 0.15) is 5.75 Å². The molecular weight excluding hydrogens is 281 g/mol. The van der Waals surface area contributed by atoms with Gasteiger partial charge in [-0.25, -0.2) is 8.78 Å². The largest absolute Gasteiger partial charge is 0.496 e. The van der Waals surface area contributed by atoms with Gasteiger partial charge in [0, 0.05) is 5.56 Å². The highest BCUT2D eigenvalue weighted by Crippen LogP contribution is 2.35. The summed E-state index contributed by atoms with van der Waals surface area (Å²) in [7, 11) is 1.09. The number of halogens is 6. The second kappa shape index (κ2) is 6.19. The van der Waals surface area contributed by atoms with E-state index in [2.05, 4.69) is 4.74 Å². The summed E-state index contributed by atoms with van der Waals surface area (Å²) in [6.45, 7) is 0. The molecule has 18 heavy (non-hydrogen) atoms. The van der Waals surface area contributed by atoms with E-state index in [1.807, 2.05) is 0 Å². The van der Waals surface area contributed by atoms with Crippen LogP contribution in [-0.4, -0.2) is 13.5 Å². The lowest BCUT2D eigenvalue weighted by Crippen LogP contribution is -2.20. The molecule has 0 aromatic heterocycles. The topological polar surface area (TPSA) is 35.2 Å². The second-order valence-corrected chi connectivity index (χ2v) is 3.31. The van der Waals surface area contributed by atoms with Crippen LogP contribution in [0.25, 0.3) is 0 Å². The molecule has 0 aliphatic carbocycles. The number of benzene rings is 1. The van der Waals surface area contributed by atoms with E-state index in [-0.39, 0.29) is 23.7 Å². The maximum atomic E-state index is 12.4. The highest BCUT2D eigenvalue weighted by Gasteiger charge is 2.32. The Bertz CT molecular complexity index is 396. The van der Waals surface area contributed by atoms with E-state index < -0.39 is 24.2 Å². The van der Waals surface area contributed by atoms with Crippen molar-refractivity contribution in [3.05, 3.63) is 29.3 Å². The molecule has 0 aliphatic heterocycles. The van der Waals surface area contributed by atoms with Crippen LogP contribution in [-0.2, 0) is 6.18 Å². The molecule has 0 spiro atoms. The van der Waals surface area contributed by atoms with Crippen LogP contribution in [0.4, 0.5) is 22.0 Å². The van der Waals surface area contributed by atoms with Gasteiger partial charge in [-0.2, -0.15) is 13.2 Å². The van der Waals surface area contributed by atoms with Crippen LogP contribution < -0.4 is 10.5 Å². The summed E-state index contributed by atoms with van der Waals surface area (Å²) in [6.07, 6.45) is -7.43. The monoisotopic (exact) mass is 291 g/mol. The molecular formula is C10H11ClF5NO. The van der Waals surface area contributed by atoms with E-state index in [0.717, 1.165) is 13.2 Å². The van der Waals surface area contributed by atoms with E-state index in [1.54, 1.807) is 0 Å². The maximum absolute atomic E-state index is 12.4. The van der Waals surface area contributed by atoms with Crippen molar-refractivity contribution in [3.63, 3.8) is 0 Å². The Kier molecular flexibility index (Phi) is 5.82. The summed E-state index contributed by atoms with van der Waals surface area (Å²) in [4.78, 5) is 0. The van der Waals surface area contributed by atoms with Crippen molar-refractivity contribution in [2.75, 3.05) is 7.11 Å². The van der Waals surface area contributed by atoms with Gasteiger partial charge in [-0.1, -0.05) is 6.07 Å². The fourth-order valence-electron chi connectivity index (χ4n) is 1.30. The first-order valence-electron chi connectivity index (χ1n) is 4.56. The lowest BCUT2D eigenvalue weighted by Gasteiger charge is -2.16. The van der Waals surface area contributed by atoms with Gasteiger partial charge >= 0.3 is 6.18 Å². The zero-order chi connectivity index (χ0) is 13.2. The normalized spacial score (nSPS) is 13.1. The molecule has 2 nitrogen and oxygen atoms in total. The summed E-state index contributed by atoms with van der Waals surface area (Å²) in [5, 5.41) is 0. The molecule has 8 heteroatoms. The van der Waals surface area contributed by atoms with Crippen molar-refractivity contribution >= 4 is 12.4 Å². The minimum Gasteiger partial charge on any atom is -0.496 e. The van der Waals surface area contributed by atoms with Gasteiger partial charge in [-0.15, -0.1) is 12.4 Å². The summed E-state index contributed by atoms with van der Waals surface area (Å²) in [5.41, 5.74) is 4.03. The second-order valence-electron chi connectivity index (χ2n) is 3.31. The van der Waals surface area contributed by atoms with Gasteiger partial charge < -0.3 is 10.5 Å². The number of rotatable bonds is 3. The zero-order valence-electron chi connectivity index (χ0n) is 9.17. The summed E-state index contributed by atoms with van der Waals surface area (Å²) < 4.78 is 66.4. The number of ether oxygens (including phenoxy) is 1. The molecule has 1 aromatic carbocycles. The Labute approximate surface area is 106 Å². The van der Waals surface area contributed by atoms with Crippen molar-refractivity contribution in [1.29, 1.82) is 0 Å². The fourth-order valence-corrected chi connectivity index (χ4v) is 1.30. The Morgan fingerprint density at radius 3 is 2.17 bits per heavy atom. The van der Waals surface area contributed by atoms with E-state index in [4.69, 9.17) is 5.73 Å². The Balaban J connectivity index is 0.00000289. The highest BCUT2D eigenvalue weighted by atomic mass is 35.5. The zero-order valence-corrected chi connectivity index (χ0v) is 9.99. The summed E-state index contributed by atoms with van der Waals surface area (Å²) >= 11 is 0. The van der Waals surface area contributed by atoms with Gasteiger partial charge in [0.05, 0.1) is 18.7 Å². The van der Waals surface area contributed by atoms with E-state index in [1.165, 1.54) is 0 Å². The van der Waals surface area contributed by atoms with Gasteiger partial charge in [-0.05, 0) is 12.1 Å². The van der Waals surface area contributed by atoms with Crippen LogP contribution in [0, 0.1) is 0 Å². The third kappa shape index (κ3) is 3.71. The molecule has 0 saturated heterocycles. The summed E-state index contributed by atoms with van der Waals surface area (Å²) in [5.74, 6) is -0.298. The minimum atomic E-state index is -4.55. The number of hydrogen-bond acceptors (Lipinski definition) is 2. The third-order valence-corrected chi connectivity index (χ3v) is 2.19. The Morgan fingerprint density at radius 2 is 1.78 bits per heavy atom. The van der Waals surface area contributed by atoms with Crippen LogP contribution >= 0.6 is 12.4 Å². The van der Waals surface area contributed by atoms with Crippen LogP contribution in [0.2, 0.25) is 0 Å². The summed E-state index contributed by atoms with van der Waals surface area (Å²) in [6, 6.07) is 0.572. The molecule has 0 aliphatic rings. The first-order chi connectivity index (χ1) is 7.77. The molecule has 0 fully saturated rings. The number of hydrogen-bond donors (Lipinski definition) is 1. The van der Waals surface area contributed by atoms with Crippen molar-refractivity contribution in [1.82, 2.24) is 0 Å². The Hall–Kier alpha value is -1.08. The van der Waals surface area contributed by atoms with Crippen molar-refractivity contribution in [3.8, 4) is 5.75 Å². The fraction of sp³-hybridized carbons (Fsp3) is 0.400. The number of nitrogens with two attached hydrogens (primary N) is 1. The standard InChI is InChI=1S/C10H10F5NO.ClH/c1-17-7-4-5(10(13,14)15)2-3-6(7)8(16)9(11)12;/h2-4,8-9H,16H2,1H3;1H/t8-;/m0./s1. The van der Waals surface area contributed by atoms with Crippen LogP contribution in [0.15, 0.2) is 18.2 Å². The van der Waals surface area contributed by atoms with Crippen molar-refractivity contribution in [2.45, 2.75) is 18.6 Å². The smallest absolute Gasteiger partial charge is 0.416 e. The van der Waals surface area contributed by atoms with E-state index >= 15 is 0 Å². The van der Waals surface area contributed by atoms with E-state index in [0.29, 0.717) is 12.1 Å². The molecule has 1 aromatic rings. The quantitative estimate of drug-likeness (QED) is 0.866. The molecule has 0 bridgehead atoms. The number of methoxy groups -OCH3 is 1. The van der Waals surface area contributed by atoms with Crippen LogP contribution in [0.5, 0.6) is 5.75 Å². The number of alkyl halides is 5. The molecule has 104 valence electrons. The van der Waals surface area contributed by atoms with Gasteiger partial charge in [0.15, 0.2) is 0 Å². The molecule has 1 rings (SSSR count).